The Morgan fingerprint density at radius 1 is 1.07 bits per heavy atom. The van der Waals surface area contributed by atoms with E-state index in [1.165, 1.54) is 16.9 Å². The van der Waals surface area contributed by atoms with Gasteiger partial charge in [-0.1, -0.05) is 18.5 Å². The molecule has 0 N–H and O–H groups in total. The van der Waals surface area contributed by atoms with Crippen molar-refractivity contribution < 1.29 is 4.74 Å². The molecule has 1 aromatic carbocycles. The summed E-state index contributed by atoms with van der Waals surface area (Å²) in [6, 6.07) is 8.05. The zero-order chi connectivity index (χ0) is 19.1. The van der Waals surface area contributed by atoms with Gasteiger partial charge in [-0.2, -0.15) is 0 Å². The van der Waals surface area contributed by atoms with Gasteiger partial charge in [0.2, 0.25) is 0 Å². The molecular weight excluding hydrogens is 374 g/mol. The van der Waals surface area contributed by atoms with E-state index in [1.54, 1.807) is 6.33 Å². The highest BCUT2D eigenvalue weighted by Crippen LogP contribution is 2.34. The maximum absolute atomic E-state index is 6.25. The molecule has 28 heavy (non-hydrogen) atoms. The first-order valence-corrected chi connectivity index (χ1v) is 10.0. The predicted octanol–water partition coefficient (Wildman–Crippen LogP) is 3.64. The van der Waals surface area contributed by atoms with Crippen molar-refractivity contribution in [2.75, 3.05) is 42.6 Å². The molecule has 0 spiro atoms. The van der Waals surface area contributed by atoms with Crippen molar-refractivity contribution in [3.63, 3.8) is 0 Å². The summed E-state index contributed by atoms with van der Waals surface area (Å²) >= 11 is 6.25. The Kier molecular flexibility index (Phi) is 4.53. The van der Waals surface area contributed by atoms with Crippen molar-refractivity contribution in [2.24, 2.45) is 0 Å². The van der Waals surface area contributed by atoms with Gasteiger partial charge < -0.3 is 14.5 Å². The number of halogens is 1. The highest BCUT2D eigenvalue weighted by atomic mass is 35.5. The molecule has 0 bridgehead atoms. The third kappa shape index (κ3) is 3.16. The van der Waals surface area contributed by atoms with Crippen LogP contribution in [0, 0.1) is 0 Å². The van der Waals surface area contributed by atoms with Gasteiger partial charge in [0.1, 0.15) is 12.1 Å². The molecule has 1 fully saturated rings. The second kappa shape index (κ2) is 7.18. The summed E-state index contributed by atoms with van der Waals surface area (Å²) in [7, 11) is 0. The first kappa shape index (κ1) is 17.6. The van der Waals surface area contributed by atoms with Crippen LogP contribution >= 0.6 is 11.6 Å². The first-order valence-electron chi connectivity index (χ1n) is 9.66. The van der Waals surface area contributed by atoms with Crippen molar-refractivity contribution >= 4 is 34.0 Å². The van der Waals surface area contributed by atoms with Gasteiger partial charge in [-0.15, -0.1) is 0 Å². The van der Waals surface area contributed by atoms with Crippen LogP contribution < -0.4 is 9.80 Å². The van der Waals surface area contributed by atoms with Gasteiger partial charge in [0.15, 0.2) is 0 Å². The van der Waals surface area contributed by atoms with Crippen molar-refractivity contribution in [1.29, 1.82) is 0 Å². The topological polar surface area (TPSA) is 54.4 Å². The van der Waals surface area contributed by atoms with Gasteiger partial charge in [0.25, 0.3) is 0 Å². The molecule has 0 unspecified atom stereocenters. The SMILES string of the molecule is C[C@H]1CN(c2ncnc3ccc(Cl)cc23)Cc2cc(N3CCOCC3)cnc21. The fraction of sp³-hybridized carbons (Fsp3) is 0.381. The average molecular weight is 396 g/mol. The monoisotopic (exact) mass is 395 g/mol. The third-order valence-electron chi connectivity index (χ3n) is 5.56. The quantitative estimate of drug-likeness (QED) is 0.660. The van der Waals surface area contributed by atoms with Crippen LogP contribution in [0.4, 0.5) is 11.5 Å². The first-order chi connectivity index (χ1) is 13.7. The van der Waals surface area contributed by atoms with Gasteiger partial charge in [-0.3, -0.25) is 4.98 Å². The molecule has 2 aliphatic heterocycles. The molecule has 2 aliphatic rings. The molecule has 0 aliphatic carbocycles. The van der Waals surface area contributed by atoms with Crippen LogP contribution in [0.1, 0.15) is 24.1 Å². The number of benzene rings is 1. The van der Waals surface area contributed by atoms with Crippen LogP contribution in [0.5, 0.6) is 0 Å². The number of nitrogens with zero attached hydrogens (tertiary/aromatic N) is 5. The Bertz CT molecular complexity index is 1020. The fourth-order valence-corrected chi connectivity index (χ4v) is 4.36. The summed E-state index contributed by atoms with van der Waals surface area (Å²) in [5.74, 6) is 1.26. The lowest BCUT2D eigenvalue weighted by molar-refractivity contribution is 0.122. The summed E-state index contributed by atoms with van der Waals surface area (Å²) in [5.41, 5.74) is 4.53. The van der Waals surface area contributed by atoms with Crippen molar-refractivity contribution in [1.82, 2.24) is 15.0 Å². The molecule has 5 rings (SSSR count). The number of morpholine rings is 1. The maximum Gasteiger partial charge on any atom is 0.140 e. The van der Waals surface area contributed by atoms with Crippen LogP contribution in [0.15, 0.2) is 36.8 Å². The van der Waals surface area contributed by atoms with Crippen molar-refractivity contribution in [3.8, 4) is 0 Å². The van der Waals surface area contributed by atoms with Gasteiger partial charge >= 0.3 is 0 Å². The smallest absolute Gasteiger partial charge is 0.140 e. The summed E-state index contributed by atoms with van der Waals surface area (Å²) in [4.78, 5) is 18.5. The summed E-state index contributed by atoms with van der Waals surface area (Å²) in [5, 5.41) is 1.69. The predicted molar refractivity (Wildman–Crippen MR) is 111 cm³/mol. The van der Waals surface area contributed by atoms with E-state index in [9.17, 15) is 0 Å². The molecule has 0 radical (unpaired) electrons. The standard InChI is InChI=1S/C21H22ClN5O/c1-14-11-27(21-18-9-16(22)2-3-19(18)24-13-25-21)12-15-8-17(10-23-20(14)15)26-4-6-28-7-5-26/h2-3,8-10,13-14H,4-7,11-12H2,1H3/t14-/m0/s1. The second-order valence-corrected chi connectivity index (χ2v) is 7.91. The highest BCUT2D eigenvalue weighted by Gasteiger charge is 2.26. The van der Waals surface area contributed by atoms with Crippen LogP contribution in [0.3, 0.4) is 0 Å². The molecule has 1 saturated heterocycles. The van der Waals surface area contributed by atoms with Crippen LogP contribution in [-0.4, -0.2) is 47.8 Å². The number of pyridine rings is 1. The molecule has 4 heterocycles. The van der Waals surface area contributed by atoms with Crippen LogP contribution in [-0.2, 0) is 11.3 Å². The van der Waals surface area contributed by atoms with E-state index in [4.69, 9.17) is 21.3 Å². The molecule has 3 aromatic rings. The Labute approximate surface area is 169 Å². The molecule has 1 atom stereocenters. The number of hydrogen-bond acceptors (Lipinski definition) is 6. The summed E-state index contributed by atoms with van der Waals surface area (Å²) in [6.45, 7) is 7.24. The average Bonchev–Trinajstić information content (AvgIpc) is 2.73. The van der Waals surface area contributed by atoms with E-state index in [1.807, 2.05) is 24.4 Å². The van der Waals surface area contributed by atoms with Gasteiger partial charge in [0.05, 0.1) is 36.3 Å². The number of rotatable bonds is 2. The Morgan fingerprint density at radius 2 is 1.93 bits per heavy atom. The van der Waals surface area contributed by atoms with Crippen LogP contribution in [0.25, 0.3) is 10.9 Å². The fourth-order valence-electron chi connectivity index (χ4n) is 4.19. The number of fused-ring (bicyclic) bond motifs is 2. The van der Waals surface area contributed by atoms with E-state index in [0.29, 0.717) is 10.9 Å². The molecular formula is C21H22ClN5O. The third-order valence-corrected chi connectivity index (χ3v) is 5.80. The zero-order valence-electron chi connectivity index (χ0n) is 15.8. The molecule has 7 heteroatoms. The molecule has 0 saturated carbocycles. The Morgan fingerprint density at radius 3 is 2.79 bits per heavy atom. The van der Waals surface area contributed by atoms with Crippen LogP contribution in [0.2, 0.25) is 5.02 Å². The minimum atomic E-state index is 0.326. The minimum Gasteiger partial charge on any atom is -0.378 e. The minimum absolute atomic E-state index is 0.326. The second-order valence-electron chi connectivity index (χ2n) is 7.48. The normalized spacial score (nSPS) is 19.7. The Hall–Kier alpha value is -2.44. The molecule has 144 valence electrons. The number of aromatic nitrogens is 3. The van der Waals surface area contributed by atoms with Gasteiger partial charge in [-0.25, -0.2) is 9.97 Å². The number of anilines is 2. The van der Waals surface area contributed by atoms with Crippen molar-refractivity contribution in [3.05, 3.63) is 53.1 Å². The number of ether oxygens (including phenoxy) is 1. The maximum atomic E-state index is 6.25. The lowest BCUT2D eigenvalue weighted by Gasteiger charge is -2.35. The Balaban J connectivity index is 1.51. The molecule has 6 nitrogen and oxygen atoms in total. The van der Waals surface area contributed by atoms with E-state index < -0.39 is 0 Å². The summed E-state index contributed by atoms with van der Waals surface area (Å²) < 4.78 is 5.48. The van der Waals surface area contributed by atoms with E-state index in [0.717, 1.165) is 56.1 Å². The lowest BCUT2D eigenvalue weighted by Crippen LogP contribution is -2.37. The lowest BCUT2D eigenvalue weighted by atomic mass is 9.95. The molecule has 0 amide bonds. The largest absolute Gasteiger partial charge is 0.378 e. The molecule has 2 aromatic heterocycles. The van der Waals surface area contributed by atoms with Gasteiger partial charge in [0, 0.05) is 42.5 Å². The highest BCUT2D eigenvalue weighted by molar-refractivity contribution is 6.31. The number of hydrogen-bond donors (Lipinski definition) is 0. The summed E-state index contributed by atoms with van der Waals surface area (Å²) in [6.07, 6.45) is 3.64. The van der Waals surface area contributed by atoms with Crippen molar-refractivity contribution in [2.45, 2.75) is 19.4 Å². The van der Waals surface area contributed by atoms with E-state index in [-0.39, 0.29) is 0 Å². The van der Waals surface area contributed by atoms with E-state index >= 15 is 0 Å². The van der Waals surface area contributed by atoms with E-state index in [2.05, 4.69) is 32.8 Å². The van der Waals surface area contributed by atoms with Gasteiger partial charge in [-0.05, 0) is 29.8 Å². The zero-order valence-corrected chi connectivity index (χ0v) is 16.6.